The molecule has 160 valence electrons. The minimum absolute atomic E-state index is 0.677. The maximum absolute atomic E-state index is 4.73. The molecule has 3 N–H and O–H groups in total. The Hall–Kier alpha value is -4.52. The van der Waals surface area contributed by atoms with E-state index >= 15 is 0 Å². The van der Waals surface area contributed by atoms with Crippen LogP contribution >= 0.6 is 0 Å². The molecule has 7 heteroatoms. The van der Waals surface area contributed by atoms with Crippen LogP contribution in [0.2, 0.25) is 0 Å². The quantitative estimate of drug-likeness (QED) is 0.336. The summed E-state index contributed by atoms with van der Waals surface area (Å²) in [6.45, 7) is 2.81. The zero-order valence-electron chi connectivity index (χ0n) is 18.0. The summed E-state index contributed by atoms with van der Waals surface area (Å²) in [5.74, 6) is 0.754. The van der Waals surface area contributed by atoms with Gasteiger partial charge in [0.2, 0.25) is 0 Å². The van der Waals surface area contributed by atoms with Crippen LogP contribution in [0.25, 0.3) is 44.6 Å². The molecule has 0 amide bonds. The second-order valence-corrected chi connectivity index (χ2v) is 8.00. The molecule has 0 radical (unpaired) electrons. The molecular formula is C26H21N7. The number of hydrogen-bond donors (Lipinski definition) is 3. The molecule has 0 bridgehead atoms. The Morgan fingerprint density at radius 1 is 0.909 bits per heavy atom. The van der Waals surface area contributed by atoms with Gasteiger partial charge in [-0.15, -0.1) is 0 Å². The second kappa shape index (κ2) is 7.87. The molecule has 0 unspecified atom stereocenters. The molecule has 0 fully saturated rings. The summed E-state index contributed by atoms with van der Waals surface area (Å²) in [7, 11) is 0. The minimum Gasteiger partial charge on any atom is -0.380 e. The van der Waals surface area contributed by atoms with E-state index in [-0.39, 0.29) is 0 Å². The summed E-state index contributed by atoms with van der Waals surface area (Å²) in [6.07, 6.45) is 7.42. The van der Waals surface area contributed by atoms with E-state index in [1.807, 2.05) is 55.0 Å². The van der Waals surface area contributed by atoms with E-state index in [1.54, 1.807) is 6.20 Å². The Bertz CT molecular complexity index is 1550. The monoisotopic (exact) mass is 431 g/mol. The van der Waals surface area contributed by atoms with Crippen LogP contribution in [0.3, 0.4) is 0 Å². The number of anilines is 1. The topological polar surface area (TPSA) is 95.2 Å². The van der Waals surface area contributed by atoms with Crippen molar-refractivity contribution in [3.8, 4) is 22.6 Å². The van der Waals surface area contributed by atoms with E-state index in [0.29, 0.717) is 6.54 Å². The summed E-state index contributed by atoms with van der Waals surface area (Å²) in [5, 5.41) is 12.1. The van der Waals surface area contributed by atoms with Crippen molar-refractivity contribution in [2.24, 2.45) is 0 Å². The zero-order valence-corrected chi connectivity index (χ0v) is 18.0. The summed E-state index contributed by atoms with van der Waals surface area (Å²) >= 11 is 0. The van der Waals surface area contributed by atoms with Crippen LogP contribution < -0.4 is 5.32 Å². The highest BCUT2D eigenvalue weighted by molar-refractivity contribution is 5.95. The van der Waals surface area contributed by atoms with E-state index in [1.165, 1.54) is 5.56 Å². The van der Waals surface area contributed by atoms with Crippen molar-refractivity contribution < 1.29 is 0 Å². The lowest BCUT2D eigenvalue weighted by Crippen LogP contribution is -2.03. The number of H-pyrrole nitrogens is 2. The number of pyridine rings is 2. The summed E-state index contributed by atoms with van der Waals surface area (Å²) in [4.78, 5) is 16.8. The van der Waals surface area contributed by atoms with Crippen molar-refractivity contribution >= 4 is 27.6 Å². The lowest BCUT2D eigenvalue weighted by Gasteiger charge is -2.12. The predicted octanol–water partition coefficient (Wildman–Crippen LogP) is 5.48. The Balaban J connectivity index is 1.38. The molecule has 2 aromatic carbocycles. The summed E-state index contributed by atoms with van der Waals surface area (Å²) in [6, 6.07) is 18.2. The molecule has 0 aliphatic rings. The Kier molecular flexibility index (Phi) is 4.58. The van der Waals surface area contributed by atoms with E-state index in [2.05, 4.69) is 55.6 Å². The fourth-order valence-corrected chi connectivity index (χ4v) is 4.13. The SMILES string of the molecule is Cc1c(CNc2cccnc2)cncc1-c1ccc2[nH]nc(-c3nc4ccccc4[nH]3)c2c1. The number of fused-ring (bicyclic) bond motifs is 2. The lowest BCUT2D eigenvalue weighted by molar-refractivity contribution is 1.08. The van der Waals surface area contributed by atoms with Crippen LogP contribution in [0.5, 0.6) is 0 Å². The van der Waals surface area contributed by atoms with Gasteiger partial charge in [-0.3, -0.25) is 15.1 Å². The molecule has 4 heterocycles. The molecule has 0 saturated carbocycles. The Morgan fingerprint density at radius 3 is 2.73 bits per heavy atom. The number of aromatic amines is 2. The van der Waals surface area contributed by atoms with E-state index < -0.39 is 0 Å². The zero-order chi connectivity index (χ0) is 22.2. The van der Waals surface area contributed by atoms with Crippen molar-refractivity contribution in [2.75, 3.05) is 5.32 Å². The number of nitrogens with one attached hydrogen (secondary N) is 3. The maximum atomic E-state index is 4.73. The van der Waals surface area contributed by atoms with Gasteiger partial charge in [0.25, 0.3) is 0 Å². The van der Waals surface area contributed by atoms with Crippen molar-refractivity contribution in [3.63, 3.8) is 0 Å². The normalized spacial score (nSPS) is 11.3. The average Bonchev–Trinajstić information content (AvgIpc) is 3.47. The van der Waals surface area contributed by atoms with Crippen molar-refractivity contribution in [3.05, 3.63) is 90.5 Å². The number of hydrogen-bond acceptors (Lipinski definition) is 5. The average molecular weight is 432 g/mol. The van der Waals surface area contributed by atoms with Gasteiger partial charge in [-0.1, -0.05) is 18.2 Å². The highest BCUT2D eigenvalue weighted by Crippen LogP contribution is 2.32. The maximum Gasteiger partial charge on any atom is 0.159 e. The third-order valence-corrected chi connectivity index (χ3v) is 5.95. The summed E-state index contributed by atoms with van der Waals surface area (Å²) < 4.78 is 0. The van der Waals surface area contributed by atoms with Crippen LogP contribution in [-0.4, -0.2) is 30.1 Å². The lowest BCUT2D eigenvalue weighted by atomic mass is 9.98. The Morgan fingerprint density at radius 2 is 1.85 bits per heavy atom. The largest absolute Gasteiger partial charge is 0.380 e. The first-order chi connectivity index (χ1) is 16.3. The smallest absolute Gasteiger partial charge is 0.159 e. The standard InChI is InChI=1S/C26H21N7/c1-16-18(13-29-19-5-4-10-27-14-19)12-28-15-21(16)17-8-9-22-20(11-17)25(33-32-22)26-30-23-6-2-3-7-24(23)31-26/h2-12,14-15,29H,13H2,1H3,(H,30,31)(H,32,33). The van der Waals surface area contributed by atoms with E-state index in [4.69, 9.17) is 4.98 Å². The number of para-hydroxylation sites is 2. The number of imidazole rings is 1. The predicted molar refractivity (Wildman–Crippen MR) is 131 cm³/mol. The molecule has 0 aliphatic carbocycles. The molecular weight excluding hydrogens is 410 g/mol. The van der Waals surface area contributed by atoms with Crippen LogP contribution in [-0.2, 0) is 6.54 Å². The van der Waals surface area contributed by atoms with Gasteiger partial charge in [-0.05, 0) is 60.0 Å². The number of nitrogens with zero attached hydrogens (tertiary/aromatic N) is 4. The minimum atomic E-state index is 0.677. The van der Waals surface area contributed by atoms with Crippen LogP contribution in [0.1, 0.15) is 11.1 Å². The van der Waals surface area contributed by atoms with Crippen molar-refractivity contribution in [1.29, 1.82) is 0 Å². The van der Waals surface area contributed by atoms with Crippen molar-refractivity contribution in [2.45, 2.75) is 13.5 Å². The molecule has 4 aromatic heterocycles. The van der Waals surface area contributed by atoms with Gasteiger partial charge >= 0.3 is 0 Å². The summed E-state index contributed by atoms with van der Waals surface area (Å²) in [5.41, 5.74) is 9.20. The second-order valence-electron chi connectivity index (χ2n) is 8.00. The highest BCUT2D eigenvalue weighted by Gasteiger charge is 2.15. The fraction of sp³-hybridized carbons (Fsp3) is 0.0769. The number of benzene rings is 2. The fourth-order valence-electron chi connectivity index (χ4n) is 4.13. The van der Waals surface area contributed by atoms with Crippen LogP contribution in [0.4, 0.5) is 5.69 Å². The van der Waals surface area contributed by atoms with Crippen molar-refractivity contribution in [1.82, 2.24) is 30.1 Å². The Labute approximate surface area is 190 Å². The van der Waals surface area contributed by atoms with Gasteiger partial charge in [0.15, 0.2) is 5.82 Å². The first-order valence-corrected chi connectivity index (χ1v) is 10.8. The molecule has 6 rings (SSSR count). The first kappa shape index (κ1) is 19.2. The molecule has 0 atom stereocenters. The van der Waals surface area contributed by atoms with Gasteiger partial charge in [0.05, 0.1) is 22.2 Å². The molecule has 0 aliphatic heterocycles. The van der Waals surface area contributed by atoms with Crippen LogP contribution in [0, 0.1) is 6.92 Å². The molecule has 0 saturated heterocycles. The van der Waals surface area contributed by atoms with Gasteiger partial charge in [-0.25, -0.2) is 4.98 Å². The highest BCUT2D eigenvalue weighted by atomic mass is 15.1. The van der Waals surface area contributed by atoms with Gasteiger partial charge < -0.3 is 10.3 Å². The third-order valence-electron chi connectivity index (χ3n) is 5.95. The molecule has 7 nitrogen and oxygen atoms in total. The number of rotatable bonds is 5. The first-order valence-electron chi connectivity index (χ1n) is 10.8. The van der Waals surface area contributed by atoms with Gasteiger partial charge in [-0.2, -0.15) is 5.10 Å². The molecule has 6 aromatic rings. The van der Waals surface area contributed by atoms with Gasteiger partial charge in [0.1, 0.15) is 5.69 Å². The van der Waals surface area contributed by atoms with Crippen LogP contribution in [0.15, 0.2) is 79.4 Å². The molecule has 33 heavy (non-hydrogen) atoms. The van der Waals surface area contributed by atoms with Gasteiger partial charge in [0, 0.05) is 42.3 Å². The molecule has 0 spiro atoms. The van der Waals surface area contributed by atoms with E-state index in [9.17, 15) is 0 Å². The van der Waals surface area contributed by atoms with E-state index in [0.717, 1.165) is 55.8 Å². The third kappa shape index (κ3) is 3.49. The number of aromatic nitrogens is 6.